The average Bonchev–Trinajstić information content (AvgIpc) is 2.31. The lowest BCUT2D eigenvalue weighted by atomic mass is 10.1. The van der Waals surface area contributed by atoms with Crippen LogP contribution in [0, 0.1) is 5.82 Å². The SMILES string of the molecule is CC(O)c1cccc(F)c1Oc1cncc(Br)c1. The monoisotopic (exact) mass is 311 g/mol. The van der Waals surface area contributed by atoms with E-state index in [9.17, 15) is 9.50 Å². The van der Waals surface area contributed by atoms with E-state index < -0.39 is 11.9 Å². The third-order valence-electron chi connectivity index (χ3n) is 2.35. The Morgan fingerprint density at radius 2 is 2.17 bits per heavy atom. The first-order valence-electron chi connectivity index (χ1n) is 5.33. The molecule has 0 amide bonds. The van der Waals surface area contributed by atoms with Crippen molar-refractivity contribution >= 4 is 15.9 Å². The molecule has 5 heteroatoms. The number of benzene rings is 1. The average molecular weight is 312 g/mol. The van der Waals surface area contributed by atoms with Crippen LogP contribution in [0.2, 0.25) is 0 Å². The number of aliphatic hydroxyl groups excluding tert-OH is 1. The van der Waals surface area contributed by atoms with Gasteiger partial charge in [-0.05, 0) is 35.0 Å². The molecule has 1 atom stereocenters. The molecule has 0 bridgehead atoms. The molecule has 1 N–H and O–H groups in total. The van der Waals surface area contributed by atoms with E-state index in [1.165, 1.54) is 18.3 Å². The van der Waals surface area contributed by atoms with Crippen LogP contribution in [0.15, 0.2) is 41.1 Å². The highest BCUT2D eigenvalue weighted by Gasteiger charge is 2.14. The molecular weight excluding hydrogens is 301 g/mol. The van der Waals surface area contributed by atoms with Crippen molar-refractivity contribution in [1.82, 2.24) is 4.98 Å². The third kappa shape index (κ3) is 2.86. The number of halogens is 2. The smallest absolute Gasteiger partial charge is 0.168 e. The van der Waals surface area contributed by atoms with Crippen LogP contribution in [0.1, 0.15) is 18.6 Å². The quantitative estimate of drug-likeness (QED) is 0.936. The molecule has 1 aromatic carbocycles. The van der Waals surface area contributed by atoms with Gasteiger partial charge in [0, 0.05) is 16.2 Å². The van der Waals surface area contributed by atoms with E-state index in [-0.39, 0.29) is 5.75 Å². The van der Waals surface area contributed by atoms with Crippen LogP contribution in [0.4, 0.5) is 4.39 Å². The van der Waals surface area contributed by atoms with Crippen molar-refractivity contribution in [1.29, 1.82) is 0 Å². The molecule has 0 aliphatic carbocycles. The number of hydrogen-bond acceptors (Lipinski definition) is 3. The van der Waals surface area contributed by atoms with E-state index in [1.54, 1.807) is 25.3 Å². The van der Waals surface area contributed by atoms with Crippen LogP contribution in [-0.2, 0) is 0 Å². The first kappa shape index (κ1) is 13.0. The summed E-state index contributed by atoms with van der Waals surface area (Å²) < 4.78 is 19.9. The van der Waals surface area contributed by atoms with Gasteiger partial charge in [0.15, 0.2) is 11.6 Å². The van der Waals surface area contributed by atoms with Crippen molar-refractivity contribution in [2.24, 2.45) is 0 Å². The molecule has 1 aromatic heterocycles. The van der Waals surface area contributed by atoms with Crippen molar-refractivity contribution in [3.63, 3.8) is 0 Å². The van der Waals surface area contributed by atoms with Gasteiger partial charge < -0.3 is 9.84 Å². The van der Waals surface area contributed by atoms with Crippen molar-refractivity contribution in [2.45, 2.75) is 13.0 Å². The number of nitrogens with zero attached hydrogens (tertiary/aromatic N) is 1. The Labute approximate surface area is 112 Å². The number of pyridine rings is 1. The second-order valence-corrected chi connectivity index (χ2v) is 4.69. The fourth-order valence-corrected chi connectivity index (χ4v) is 1.87. The van der Waals surface area contributed by atoms with Crippen LogP contribution >= 0.6 is 15.9 Å². The van der Waals surface area contributed by atoms with Gasteiger partial charge in [-0.25, -0.2) is 4.39 Å². The minimum Gasteiger partial charge on any atom is -0.452 e. The molecule has 0 aliphatic rings. The van der Waals surface area contributed by atoms with Crippen molar-refractivity contribution < 1.29 is 14.2 Å². The van der Waals surface area contributed by atoms with Gasteiger partial charge >= 0.3 is 0 Å². The summed E-state index contributed by atoms with van der Waals surface area (Å²) in [4.78, 5) is 3.93. The highest BCUT2D eigenvalue weighted by atomic mass is 79.9. The Kier molecular flexibility index (Phi) is 3.93. The Bertz CT molecular complexity index is 560. The van der Waals surface area contributed by atoms with E-state index in [1.807, 2.05) is 0 Å². The zero-order chi connectivity index (χ0) is 13.1. The lowest BCUT2D eigenvalue weighted by Gasteiger charge is -2.13. The standard InChI is InChI=1S/C13H11BrFNO2/c1-8(17)11-3-2-4-12(15)13(11)18-10-5-9(14)6-16-7-10/h2-8,17H,1H3. The topological polar surface area (TPSA) is 42.4 Å². The van der Waals surface area contributed by atoms with Crippen LogP contribution < -0.4 is 4.74 Å². The number of para-hydroxylation sites is 1. The van der Waals surface area contributed by atoms with E-state index in [0.717, 1.165) is 4.47 Å². The molecule has 0 radical (unpaired) electrons. The van der Waals surface area contributed by atoms with Crippen molar-refractivity contribution in [3.05, 3.63) is 52.5 Å². The second kappa shape index (κ2) is 5.46. The number of rotatable bonds is 3. The predicted octanol–water partition coefficient (Wildman–Crippen LogP) is 3.83. The van der Waals surface area contributed by atoms with Gasteiger partial charge in [-0.3, -0.25) is 4.98 Å². The summed E-state index contributed by atoms with van der Waals surface area (Å²) in [6, 6.07) is 6.11. The van der Waals surface area contributed by atoms with Gasteiger partial charge in [0.05, 0.1) is 12.3 Å². The van der Waals surface area contributed by atoms with Gasteiger partial charge in [0.2, 0.25) is 0 Å². The van der Waals surface area contributed by atoms with E-state index >= 15 is 0 Å². The molecule has 94 valence electrons. The first-order valence-corrected chi connectivity index (χ1v) is 6.12. The van der Waals surface area contributed by atoms with E-state index in [4.69, 9.17) is 4.74 Å². The summed E-state index contributed by atoms with van der Waals surface area (Å²) in [7, 11) is 0. The zero-order valence-corrected chi connectivity index (χ0v) is 11.2. The number of hydrogen-bond donors (Lipinski definition) is 1. The maximum absolute atomic E-state index is 13.7. The summed E-state index contributed by atoms with van der Waals surface area (Å²) in [5.41, 5.74) is 0.398. The minimum atomic E-state index is -0.809. The first-order chi connectivity index (χ1) is 8.58. The highest BCUT2D eigenvalue weighted by Crippen LogP contribution is 2.32. The largest absolute Gasteiger partial charge is 0.452 e. The van der Waals surface area contributed by atoms with Crippen molar-refractivity contribution in [3.8, 4) is 11.5 Å². The summed E-state index contributed by atoms with van der Waals surface area (Å²) in [5, 5.41) is 9.59. The van der Waals surface area contributed by atoms with Gasteiger partial charge in [0.25, 0.3) is 0 Å². The summed E-state index contributed by atoms with van der Waals surface area (Å²) in [6.07, 6.45) is 2.27. The fraction of sp³-hybridized carbons (Fsp3) is 0.154. The second-order valence-electron chi connectivity index (χ2n) is 3.78. The lowest BCUT2D eigenvalue weighted by Crippen LogP contribution is -1.98. The molecule has 1 unspecified atom stereocenters. The Hall–Kier alpha value is -1.46. The highest BCUT2D eigenvalue weighted by molar-refractivity contribution is 9.10. The molecule has 3 nitrogen and oxygen atoms in total. The predicted molar refractivity (Wildman–Crippen MR) is 69.0 cm³/mol. The Morgan fingerprint density at radius 1 is 1.39 bits per heavy atom. The van der Waals surface area contributed by atoms with Crippen LogP contribution in [0.25, 0.3) is 0 Å². The molecule has 0 saturated carbocycles. The summed E-state index contributed by atoms with van der Waals surface area (Å²) in [5.74, 6) is -0.0999. The van der Waals surface area contributed by atoms with E-state index in [2.05, 4.69) is 20.9 Å². The van der Waals surface area contributed by atoms with Crippen LogP contribution in [0.5, 0.6) is 11.5 Å². The Balaban J connectivity index is 2.39. The van der Waals surface area contributed by atoms with Gasteiger partial charge in [-0.15, -0.1) is 0 Å². The molecule has 1 heterocycles. The summed E-state index contributed by atoms with van der Waals surface area (Å²) >= 11 is 3.26. The van der Waals surface area contributed by atoms with Gasteiger partial charge in [0.1, 0.15) is 5.75 Å². The minimum absolute atomic E-state index is 0.0207. The Morgan fingerprint density at radius 3 is 2.83 bits per heavy atom. The number of ether oxygens (including phenoxy) is 1. The number of aliphatic hydroxyl groups is 1. The third-order valence-corrected chi connectivity index (χ3v) is 2.78. The molecule has 0 spiro atoms. The fourth-order valence-electron chi connectivity index (χ4n) is 1.53. The van der Waals surface area contributed by atoms with Crippen LogP contribution in [0.3, 0.4) is 0 Å². The summed E-state index contributed by atoms with van der Waals surface area (Å²) in [6.45, 7) is 1.56. The van der Waals surface area contributed by atoms with Crippen LogP contribution in [-0.4, -0.2) is 10.1 Å². The maximum Gasteiger partial charge on any atom is 0.168 e. The lowest BCUT2D eigenvalue weighted by molar-refractivity contribution is 0.194. The molecular formula is C13H11BrFNO2. The molecule has 0 aliphatic heterocycles. The van der Waals surface area contributed by atoms with Gasteiger partial charge in [-0.2, -0.15) is 0 Å². The molecule has 0 saturated heterocycles. The molecule has 2 aromatic rings. The number of aromatic nitrogens is 1. The molecule has 2 rings (SSSR count). The van der Waals surface area contributed by atoms with Gasteiger partial charge in [-0.1, -0.05) is 12.1 Å². The van der Waals surface area contributed by atoms with E-state index in [0.29, 0.717) is 11.3 Å². The van der Waals surface area contributed by atoms with Crippen molar-refractivity contribution in [2.75, 3.05) is 0 Å². The molecule has 18 heavy (non-hydrogen) atoms. The molecule has 0 fully saturated rings. The normalized spacial score (nSPS) is 12.2. The zero-order valence-electron chi connectivity index (χ0n) is 9.60. The maximum atomic E-state index is 13.7.